The molecule has 0 spiro atoms. The SMILES string of the molecule is CC(C1CC1)N(C(=O)COc1c(C#N)oc2ccccc12)C1CC1. The summed E-state index contributed by atoms with van der Waals surface area (Å²) >= 11 is 0. The van der Waals surface area contributed by atoms with Gasteiger partial charge in [0.1, 0.15) is 11.7 Å². The number of hydrogen-bond donors (Lipinski definition) is 0. The number of carbonyl (C=O) groups excluding carboxylic acids is 1. The smallest absolute Gasteiger partial charge is 0.261 e. The number of rotatable bonds is 6. The lowest BCUT2D eigenvalue weighted by Crippen LogP contribution is -2.44. The highest BCUT2D eigenvalue weighted by Gasteiger charge is 2.41. The van der Waals surface area contributed by atoms with Gasteiger partial charge in [-0.1, -0.05) is 12.1 Å². The summed E-state index contributed by atoms with van der Waals surface area (Å²) in [5, 5.41) is 9.97. The first-order valence-corrected chi connectivity index (χ1v) is 8.54. The summed E-state index contributed by atoms with van der Waals surface area (Å²) in [5.41, 5.74) is 0.599. The molecule has 1 aromatic carbocycles. The number of ether oxygens (including phenoxy) is 1. The minimum Gasteiger partial charge on any atom is -0.478 e. The van der Waals surface area contributed by atoms with Crippen LogP contribution in [0.4, 0.5) is 0 Å². The molecular formula is C19H20N2O3. The largest absolute Gasteiger partial charge is 0.478 e. The number of fused-ring (bicyclic) bond motifs is 1. The van der Waals surface area contributed by atoms with E-state index in [0.29, 0.717) is 23.3 Å². The van der Waals surface area contributed by atoms with Gasteiger partial charge in [0.25, 0.3) is 5.91 Å². The second kappa shape index (κ2) is 5.86. The van der Waals surface area contributed by atoms with E-state index in [2.05, 4.69) is 6.92 Å². The predicted molar refractivity (Wildman–Crippen MR) is 88.5 cm³/mol. The zero-order valence-electron chi connectivity index (χ0n) is 13.7. The van der Waals surface area contributed by atoms with Crippen molar-refractivity contribution in [2.24, 2.45) is 5.92 Å². The molecule has 1 atom stereocenters. The predicted octanol–water partition coefficient (Wildman–Crippen LogP) is 3.47. The van der Waals surface area contributed by atoms with Crippen molar-refractivity contribution in [3.63, 3.8) is 0 Å². The molecule has 0 N–H and O–H groups in total. The lowest BCUT2D eigenvalue weighted by molar-refractivity contribution is -0.136. The second-order valence-electron chi connectivity index (χ2n) is 6.77. The molecule has 4 rings (SSSR count). The van der Waals surface area contributed by atoms with Gasteiger partial charge in [0, 0.05) is 12.1 Å². The third-order valence-electron chi connectivity index (χ3n) is 4.96. The van der Waals surface area contributed by atoms with Gasteiger partial charge in [-0.25, -0.2) is 0 Å². The molecular weight excluding hydrogens is 304 g/mol. The Labute approximate surface area is 140 Å². The highest BCUT2D eigenvalue weighted by Crippen LogP contribution is 2.40. The maximum atomic E-state index is 12.7. The fourth-order valence-electron chi connectivity index (χ4n) is 3.37. The monoisotopic (exact) mass is 324 g/mol. The van der Waals surface area contributed by atoms with E-state index in [1.54, 1.807) is 6.07 Å². The summed E-state index contributed by atoms with van der Waals surface area (Å²) in [6, 6.07) is 9.99. The van der Waals surface area contributed by atoms with E-state index in [-0.39, 0.29) is 24.3 Å². The Bertz CT molecular complexity index is 812. The van der Waals surface area contributed by atoms with Gasteiger partial charge in [0.2, 0.25) is 5.76 Å². The Morgan fingerprint density at radius 1 is 1.38 bits per heavy atom. The van der Waals surface area contributed by atoms with Crippen LogP contribution >= 0.6 is 0 Å². The number of hydrogen-bond acceptors (Lipinski definition) is 4. The van der Waals surface area contributed by atoms with Crippen LogP contribution in [0, 0.1) is 17.2 Å². The Hall–Kier alpha value is -2.48. The molecule has 2 fully saturated rings. The van der Waals surface area contributed by atoms with Gasteiger partial charge >= 0.3 is 0 Å². The van der Waals surface area contributed by atoms with Gasteiger partial charge in [-0.15, -0.1) is 0 Å². The number of nitriles is 1. The second-order valence-corrected chi connectivity index (χ2v) is 6.77. The Morgan fingerprint density at radius 2 is 2.12 bits per heavy atom. The summed E-state index contributed by atoms with van der Waals surface area (Å²) < 4.78 is 11.2. The van der Waals surface area contributed by atoms with Crippen molar-refractivity contribution >= 4 is 16.9 Å². The molecule has 0 saturated heterocycles. The van der Waals surface area contributed by atoms with Gasteiger partial charge in [-0.3, -0.25) is 4.79 Å². The molecule has 0 aliphatic heterocycles. The average molecular weight is 324 g/mol. The molecule has 2 aliphatic carbocycles. The van der Waals surface area contributed by atoms with Crippen molar-refractivity contribution < 1.29 is 13.9 Å². The minimum absolute atomic E-state index is 0.00562. The molecule has 124 valence electrons. The average Bonchev–Trinajstić information content (AvgIpc) is 3.49. The van der Waals surface area contributed by atoms with Gasteiger partial charge in [0.15, 0.2) is 12.4 Å². The van der Waals surface area contributed by atoms with Crippen molar-refractivity contribution in [3.8, 4) is 11.8 Å². The molecule has 1 aromatic heterocycles. The zero-order valence-corrected chi connectivity index (χ0v) is 13.7. The first-order chi connectivity index (χ1) is 11.7. The Kier molecular flexibility index (Phi) is 3.68. The van der Waals surface area contributed by atoms with E-state index >= 15 is 0 Å². The normalized spacial score (nSPS) is 18.2. The van der Waals surface area contributed by atoms with Crippen LogP contribution in [0.25, 0.3) is 11.0 Å². The molecule has 1 unspecified atom stereocenters. The number of benzene rings is 1. The zero-order chi connectivity index (χ0) is 16.7. The fraction of sp³-hybridized carbons (Fsp3) is 0.474. The van der Waals surface area contributed by atoms with E-state index in [1.165, 1.54) is 12.8 Å². The van der Waals surface area contributed by atoms with Crippen LogP contribution in [-0.2, 0) is 4.79 Å². The Balaban J connectivity index is 1.52. The topological polar surface area (TPSA) is 66.5 Å². The lowest BCUT2D eigenvalue weighted by atomic mass is 10.1. The Morgan fingerprint density at radius 3 is 2.79 bits per heavy atom. The summed E-state index contributed by atoms with van der Waals surface area (Å²) in [6.07, 6.45) is 4.59. The molecule has 24 heavy (non-hydrogen) atoms. The molecule has 2 aromatic rings. The molecule has 1 amide bonds. The van der Waals surface area contributed by atoms with E-state index in [0.717, 1.165) is 18.2 Å². The fourth-order valence-corrected chi connectivity index (χ4v) is 3.37. The lowest BCUT2D eigenvalue weighted by Gasteiger charge is -2.29. The van der Waals surface area contributed by atoms with E-state index in [4.69, 9.17) is 9.15 Å². The summed E-state index contributed by atoms with van der Waals surface area (Å²) in [6.45, 7) is 2.09. The molecule has 1 heterocycles. The van der Waals surface area contributed by atoms with Crippen LogP contribution in [0.2, 0.25) is 0 Å². The minimum atomic E-state index is -0.0498. The van der Waals surface area contributed by atoms with Crippen molar-refractivity contribution in [2.45, 2.75) is 44.7 Å². The molecule has 5 heteroatoms. The molecule has 0 radical (unpaired) electrons. The molecule has 0 bridgehead atoms. The summed E-state index contributed by atoms with van der Waals surface area (Å²) in [7, 11) is 0. The van der Waals surface area contributed by atoms with E-state index < -0.39 is 0 Å². The van der Waals surface area contributed by atoms with Crippen LogP contribution in [0.3, 0.4) is 0 Å². The molecule has 5 nitrogen and oxygen atoms in total. The molecule has 2 aliphatic rings. The number of para-hydroxylation sites is 1. The number of furan rings is 1. The van der Waals surface area contributed by atoms with Crippen molar-refractivity contribution in [3.05, 3.63) is 30.0 Å². The summed E-state index contributed by atoms with van der Waals surface area (Å²) in [5.74, 6) is 1.14. The van der Waals surface area contributed by atoms with Gasteiger partial charge in [-0.2, -0.15) is 5.26 Å². The van der Waals surface area contributed by atoms with E-state index in [1.807, 2.05) is 29.2 Å². The third kappa shape index (κ3) is 2.73. The standard InChI is InChI=1S/C19H20N2O3/c1-12(13-6-7-13)21(14-8-9-14)18(22)11-23-19-15-4-2-3-5-16(15)24-17(19)10-20/h2-5,12-14H,6-9,11H2,1H3. The van der Waals surface area contributed by atoms with Crippen molar-refractivity contribution in [1.29, 1.82) is 5.26 Å². The van der Waals surface area contributed by atoms with Crippen LogP contribution < -0.4 is 4.74 Å². The maximum Gasteiger partial charge on any atom is 0.261 e. The van der Waals surface area contributed by atoms with Crippen molar-refractivity contribution in [1.82, 2.24) is 4.90 Å². The van der Waals surface area contributed by atoms with E-state index in [9.17, 15) is 10.1 Å². The number of amides is 1. The van der Waals surface area contributed by atoms with Gasteiger partial charge in [-0.05, 0) is 50.7 Å². The van der Waals surface area contributed by atoms with Crippen molar-refractivity contribution in [2.75, 3.05) is 6.61 Å². The molecule has 2 saturated carbocycles. The van der Waals surface area contributed by atoms with Crippen LogP contribution in [0.1, 0.15) is 38.4 Å². The number of nitrogens with zero attached hydrogens (tertiary/aromatic N) is 2. The third-order valence-corrected chi connectivity index (χ3v) is 4.96. The maximum absolute atomic E-state index is 12.7. The summed E-state index contributed by atoms with van der Waals surface area (Å²) in [4.78, 5) is 14.7. The highest BCUT2D eigenvalue weighted by atomic mass is 16.5. The highest BCUT2D eigenvalue weighted by molar-refractivity contribution is 5.87. The first-order valence-electron chi connectivity index (χ1n) is 8.54. The quantitative estimate of drug-likeness (QED) is 0.816. The number of carbonyl (C=O) groups is 1. The van der Waals surface area contributed by atoms with Gasteiger partial charge < -0.3 is 14.1 Å². The van der Waals surface area contributed by atoms with Gasteiger partial charge in [0.05, 0.1) is 5.39 Å². The van der Waals surface area contributed by atoms with Crippen LogP contribution in [0.15, 0.2) is 28.7 Å². The van der Waals surface area contributed by atoms with Crippen LogP contribution in [0.5, 0.6) is 5.75 Å². The first kappa shape index (κ1) is 15.1. The van der Waals surface area contributed by atoms with Crippen LogP contribution in [-0.4, -0.2) is 29.5 Å².